The van der Waals surface area contributed by atoms with Gasteiger partial charge in [0, 0.05) is 16.3 Å². The van der Waals surface area contributed by atoms with Crippen LogP contribution in [0.4, 0.5) is 5.69 Å². The summed E-state index contributed by atoms with van der Waals surface area (Å²) in [4.78, 5) is 12.0. The fraction of sp³-hybridized carbons (Fsp3) is 0.250. The van der Waals surface area contributed by atoms with Crippen molar-refractivity contribution >= 4 is 23.1 Å². The molecule has 0 saturated heterocycles. The van der Waals surface area contributed by atoms with Crippen LogP contribution in [0.25, 0.3) is 0 Å². The molecule has 2 nitrogen and oxygen atoms in total. The standard InChI is InChI=1S/C12H12ClNO/c13-9-5-6-11(14)10(7-9)12(15)8-3-1-2-4-8/h3,5-7H,1-2,4,14H2. The van der Waals surface area contributed by atoms with Gasteiger partial charge in [0.25, 0.3) is 0 Å². The van der Waals surface area contributed by atoms with Crippen molar-refractivity contribution in [2.24, 2.45) is 0 Å². The molecule has 0 aromatic heterocycles. The Morgan fingerprint density at radius 2 is 2.20 bits per heavy atom. The molecule has 2 rings (SSSR count). The number of ketones is 1. The number of rotatable bonds is 2. The van der Waals surface area contributed by atoms with E-state index in [1.165, 1.54) is 0 Å². The number of carbonyl (C=O) groups is 1. The van der Waals surface area contributed by atoms with E-state index >= 15 is 0 Å². The predicted molar refractivity (Wildman–Crippen MR) is 62.1 cm³/mol. The van der Waals surface area contributed by atoms with Gasteiger partial charge < -0.3 is 5.73 Å². The maximum Gasteiger partial charge on any atom is 0.190 e. The SMILES string of the molecule is Nc1ccc(Cl)cc1C(=O)C1=CCCC1. The molecule has 0 radical (unpaired) electrons. The summed E-state index contributed by atoms with van der Waals surface area (Å²) >= 11 is 5.84. The molecule has 0 spiro atoms. The molecular formula is C12H12ClNO. The molecule has 0 atom stereocenters. The van der Waals surface area contributed by atoms with E-state index in [1.807, 2.05) is 6.08 Å². The van der Waals surface area contributed by atoms with Gasteiger partial charge in [-0.15, -0.1) is 0 Å². The van der Waals surface area contributed by atoms with Gasteiger partial charge in [-0.25, -0.2) is 0 Å². The lowest BCUT2D eigenvalue weighted by Gasteiger charge is -2.05. The molecule has 2 N–H and O–H groups in total. The smallest absolute Gasteiger partial charge is 0.190 e. The Morgan fingerprint density at radius 3 is 2.87 bits per heavy atom. The first kappa shape index (κ1) is 10.2. The molecule has 1 aliphatic carbocycles. The molecule has 0 heterocycles. The predicted octanol–water partition coefficient (Wildman–Crippen LogP) is 3.22. The first-order chi connectivity index (χ1) is 7.18. The molecule has 0 bridgehead atoms. The molecule has 0 unspecified atom stereocenters. The Kier molecular flexibility index (Phi) is 2.78. The maximum absolute atomic E-state index is 12.0. The average Bonchev–Trinajstić information content (AvgIpc) is 2.74. The van der Waals surface area contributed by atoms with E-state index < -0.39 is 0 Å². The molecule has 15 heavy (non-hydrogen) atoms. The summed E-state index contributed by atoms with van der Waals surface area (Å²) < 4.78 is 0. The molecule has 0 saturated carbocycles. The second kappa shape index (κ2) is 4.07. The molecule has 0 amide bonds. The van der Waals surface area contributed by atoms with Crippen molar-refractivity contribution in [2.45, 2.75) is 19.3 Å². The van der Waals surface area contributed by atoms with Gasteiger partial charge in [0.1, 0.15) is 0 Å². The van der Waals surface area contributed by atoms with Gasteiger partial charge in [-0.2, -0.15) is 0 Å². The quantitative estimate of drug-likeness (QED) is 0.616. The molecule has 78 valence electrons. The van der Waals surface area contributed by atoms with Crippen molar-refractivity contribution < 1.29 is 4.79 Å². The Hall–Kier alpha value is -1.28. The number of carbonyl (C=O) groups excluding carboxylic acids is 1. The zero-order chi connectivity index (χ0) is 10.8. The van der Waals surface area contributed by atoms with Gasteiger partial charge >= 0.3 is 0 Å². The van der Waals surface area contributed by atoms with Crippen LogP contribution in [0.2, 0.25) is 5.02 Å². The van der Waals surface area contributed by atoms with Crippen LogP contribution >= 0.6 is 11.6 Å². The lowest BCUT2D eigenvalue weighted by Crippen LogP contribution is -2.05. The largest absolute Gasteiger partial charge is 0.398 e. The summed E-state index contributed by atoms with van der Waals surface area (Å²) in [5.41, 5.74) is 7.64. The second-order valence-corrected chi connectivity index (χ2v) is 4.12. The van der Waals surface area contributed by atoms with Crippen LogP contribution in [0.15, 0.2) is 29.8 Å². The first-order valence-electron chi connectivity index (χ1n) is 4.97. The van der Waals surface area contributed by atoms with Crippen molar-refractivity contribution in [3.8, 4) is 0 Å². The third-order valence-electron chi connectivity index (χ3n) is 2.59. The number of anilines is 1. The van der Waals surface area contributed by atoms with E-state index in [0.29, 0.717) is 16.3 Å². The number of halogens is 1. The summed E-state index contributed by atoms with van der Waals surface area (Å²) in [6.45, 7) is 0. The van der Waals surface area contributed by atoms with Crippen molar-refractivity contribution in [3.05, 3.63) is 40.4 Å². The molecule has 3 heteroatoms. The minimum atomic E-state index is 0.0208. The van der Waals surface area contributed by atoms with E-state index in [0.717, 1.165) is 24.8 Å². The zero-order valence-electron chi connectivity index (χ0n) is 8.29. The number of hydrogen-bond acceptors (Lipinski definition) is 2. The number of hydrogen-bond donors (Lipinski definition) is 1. The summed E-state index contributed by atoms with van der Waals surface area (Å²) in [5.74, 6) is 0.0208. The Balaban J connectivity index is 2.36. The van der Waals surface area contributed by atoms with Gasteiger partial charge in [-0.1, -0.05) is 17.7 Å². The van der Waals surface area contributed by atoms with E-state index in [-0.39, 0.29) is 5.78 Å². The monoisotopic (exact) mass is 221 g/mol. The van der Waals surface area contributed by atoms with E-state index in [1.54, 1.807) is 18.2 Å². The minimum Gasteiger partial charge on any atom is -0.398 e. The average molecular weight is 222 g/mol. The van der Waals surface area contributed by atoms with E-state index in [2.05, 4.69) is 0 Å². The molecular weight excluding hydrogens is 210 g/mol. The van der Waals surface area contributed by atoms with Gasteiger partial charge in [0.15, 0.2) is 5.78 Å². The molecule has 0 fully saturated rings. The summed E-state index contributed by atoms with van der Waals surface area (Å²) in [6, 6.07) is 5.00. The fourth-order valence-electron chi connectivity index (χ4n) is 1.78. The van der Waals surface area contributed by atoms with E-state index in [4.69, 9.17) is 17.3 Å². The van der Waals surface area contributed by atoms with Crippen molar-refractivity contribution in [1.29, 1.82) is 0 Å². The van der Waals surface area contributed by atoms with Crippen LogP contribution in [0, 0.1) is 0 Å². The van der Waals surface area contributed by atoms with Gasteiger partial charge in [-0.3, -0.25) is 4.79 Å². The van der Waals surface area contributed by atoms with E-state index in [9.17, 15) is 4.79 Å². The summed E-state index contributed by atoms with van der Waals surface area (Å²) in [5, 5.41) is 0.547. The molecule has 0 aliphatic heterocycles. The Bertz CT molecular complexity index is 437. The van der Waals surface area contributed by atoms with Crippen LogP contribution in [0.3, 0.4) is 0 Å². The van der Waals surface area contributed by atoms with Gasteiger partial charge in [0.2, 0.25) is 0 Å². The zero-order valence-corrected chi connectivity index (χ0v) is 9.05. The highest BCUT2D eigenvalue weighted by molar-refractivity contribution is 6.31. The van der Waals surface area contributed by atoms with Crippen LogP contribution in [-0.4, -0.2) is 5.78 Å². The summed E-state index contributed by atoms with van der Waals surface area (Å²) in [7, 11) is 0. The number of nitrogen functional groups attached to an aromatic ring is 1. The lowest BCUT2D eigenvalue weighted by atomic mass is 10.0. The summed E-state index contributed by atoms with van der Waals surface area (Å²) in [6.07, 6.45) is 4.89. The fourth-order valence-corrected chi connectivity index (χ4v) is 1.95. The van der Waals surface area contributed by atoms with Gasteiger partial charge in [0.05, 0.1) is 0 Å². The van der Waals surface area contributed by atoms with Crippen molar-refractivity contribution in [2.75, 3.05) is 5.73 Å². The highest BCUT2D eigenvalue weighted by Crippen LogP contribution is 2.26. The number of allylic oxidation sites excluding steroid dienone is 2. The third-order valence-corrected chi connectivity index (χ3v) is 2.83. The first-order valence-corrected chi connectivity index (χ1v) is 5.35. The van der Waals surface area contributed by atoms with Crippen LogP contribution in [-0.2, 0) is 0 Å². The lowest BCUT2D eigenvalue weighted by molar-refractivity contribution is 0.103. The van der Waals surface area contributed by atoms with Crippen molar-refractivity contribution in [1.82, 2.24) is 0 Å². The number of nitrogens with two attached hydrogens (primary N) is 1. The highest BCUT2D eigenvalue weighted by atomic mass is 35.5. The number of Topliss-reactive ketones (excluding diaryl/α,β-unsaturated/α-hetero) is 1. The van der Waals surface area contributed by atoms with Crippen LogP contribution < -0.4 is 5.73 Å². The third kappa shape index (κ3) is 2.05. The topological polar surface area (TPSA) is 43.1 Å². The number of benzene rings is 1. The maximum atomic E-state index is 12.0. The Labute approximate surface area is 93.7 Å². The molecule has 1 aromatic carbocycles. The normalized spacial score (nSPS) is 15.1. The molecule has 1 aromatic rings. The minimum absolute atomic E-state index is 0.0208. The second-order valence-electron chi connectivity index (χ2n) is 3.68. The van der Waals surface area contributed by atoms with Crippen molar-refractivity contribution in [3.63, 3.8) is 0 Å². The van der Waals surface area contributed by atoms with Crippen LogP contribution in [0.1, 0.15) is 29.6 Å². The Morgan fingerprint density at radius 1 is 1.40 bits per heavy atom. The van der Waals surface area contributed by atoms with Crippen LogP contribution in [0.5, 0.6) is 0 Å². The van der Waals surface area contributed by atoms with Gasteiger partial charge in [-0.05, 0) is 43.0 Å². The highest BCUT2D eigenvalue weighted by Gasteiger charge is 2.17. The molecule has 1 aliphatic rings.